The van der Waals surface area contributed by atoms with Gasteiger partial charge in [0.25, 0.3) is 0 Å². The van der Waals surface area contributed by atoms with Gasteiger partial charge < -0.3 is 24.9 Å². The molecule has 0 spiro atoms. The summed E-state index contributed by atoms with van der Waals surface area (Å²) in [6.45, 7) is 6.67. The minimum absolute atomic E-state index is 0.392. The minimum Gasteiger partial charge on any atom is -0.465 e. The summed E-state index contributed by atoms with van der Waals surface area (Å²) in [5.41, 5.74) is 11.7. The lowest BCUT2D eigenvalue weighted by molar-refractivity contribution is 0.0252. The molecule has 0 fully saturated rings. The number of esters is 1. The number of aromatic nitrogens is 4. The largest absolute Gasteiger partial charge is 0.465 e. The lowest BCUT2D eigenvalue weighted by atomic mass is 9.97. The Hall–Kier alpha value is -4.53. The van der Waals surface area contributed by atoms with Gasteiger partial charge in [0.1, 0.15) is 12.2 Å². The van der Waals surface area contributed by atoms with E-state index >= 15 is 0 Å². The van der Waals surface area contributed by atoms with E-state index in [0.717, 1.165) is 114 Å². The number of benzene rings is 1. The van der Waals surface area contributed by atoms with E-state index in [2.05, 4.69) is 61.1 Å². The Morgan fingerprint density at radius 3 is 1.57 bits per heavy atom. The molecule has 2 unspecified atom stereocenters. The topological polar surface area (TPSA) is 124 Å². The van der Waals surface area contributed by atoms with E-state index in [-0.39, 0.29) is 0 Å². The number of nitrogens with zero attached hydrogens (tertiary/aromatic N) is 2. The molecule has 0 saturated carbocycles. The number of nitrogens with one attached hydrogen (secondary N) is 2. The van der Waals surface area contributed by atoms with Crippen LogP contribution in [0.2, 0.25) is 0 Å². The number of H-pyrrole nitrogens is 2. The second-order valence-electron chi connectivity index (χ2n) is 14.9. The summed E-state index contributed by atoms with van der Waals surface area (Å²) in [5.74, 6) is -0.422. The standard InChI is InChI=1S/C46H58N4O4/c1-5-8-11-14-17-32-35-24-25-36(47-35)33(18-15-12-9-6-2)38-28-29-40(49-38)41(30-20-22-31(23-21-30)46(53)54-4)43-45(52)44(51)42(50-43)34(19-16-13-10-7-3)39-27-26-37(32)48-39/h20-29,44-45,48-49,51-52H,5-19H2,1-4H3. The highest BCUT2D eigenvalue weighted by atomic mass is 16.5. The van der Waals surface area contributed by atoms with Crippen LogP contribution in [0.4, 0.5) is 0 Å². The van der Waals surface area contributed by atoms with Gasteiger partial charge in [0.05, 0.1) is 35.4 Å². The molecule has 3 aromatic heterocycles. The van der Waals surface area contributed by atoms with Crippen molar-refractivity contribution in [1.29, 1.82) is 0 Å². The van der Waals surface area contributed by atoms with Crippen LogP contribution in [0.5, 0.6) is 0 Å². The first-order chi connectivity index (χ1) is 26.4. The van der Waals surface area contributed by atoms with E-state index in [0.29, 0.717) is 28.9 Å². The molecule has 54 heavy (non-hydrogen) atoms. The Morgan fingerprint density at radius 2 is 1.06 bits per heavy atom. The number of aromatic amines is 2. The number of aliphatic hydroxyl groups is 2. The monoisotopic (exact) mass is 730 g/mol. The number of hydrogen-bond donors (Lipinski definition) is 4. The van der Waals surface area contributed by atoms with Crippen molar-refractivity contribution in [2.45, 2.75) is 129 Å². The summed E-state index contributed by atoms with van der Waals surface area (Å²) in [6, 6.07) is 15.5. The maximum absolute atomic E-state index is 12.4. The third-order valence-corrected chi connectivity index (χ3v) is 11.0. The van der Waals surface area contributed by atoms with Gasteiger partial charge in [0.15, 0.2) is 0 Å². The van der Waals surface area contributed by atoms with Crippen molar-refractivity contribution in [3.05, 3.63) is 93.6 Å². The third-order valence-electron chi connectivity index (χ3n) is 11.0. The highest BCUT2D eigenvalue weighted by molar-refractivity contribution is 5.91. The third kappa shape index (κ3) is 8.71. The molecule has 2 aliphatic heterocycles. The van der Waals surface area contributed by atoms with E-state index in [4.69, 9.17) is 14.7 Å². The van der Waals surface area contributed by atoms with E-state index in [1.54, 1.807) is 12.1 Å². The number of ether oxygens (including phenoxy) is 1. The fourth-order valence-electron chi connectivity index (χ4n) is 7.89. The van der Waals surface area contributed by atoms with Crippen LogP contribution in [-0.2, 0) is 24.0 Å². The first-order valence-electron chi connectivity index (χ1n) is 20.4. The fourth-order valence-corrected chi connectivity index (χ4v) is 7.89. The van der Waals surface area contributed by atoms with Gasteiger partial charge in [0, 0.05) is 38.8 Å². The molecule has 4 aromatic rings. The Labute approximate surface area is 320 Å². The first-order valence-corrected chi connectivity index (χ1v) is 20.4. The maximum Gasteiger partial charge on any atom is 0.337 e. The molecule has 2 atom stereocenters. The number of aryl methyl sites for hydroxylation is 3. The molecular formula is C46H58N4O4. The molecule has 0 aliphatic carbocycles. The van der Waals surface area contributed by atoms with Gasteiger partial charge in [-0.1, -0.05) is 90.7 Å². The van der Waals surface area contributed by atoms with Crippen molar-refractivity contribution >= 4 is 40.2 Å². The summed E-state index contributed by atoms with van der Waals surface area (Å²) >= 11 is 0. The molecule has 286 valence electrons. The lowest BCUT2D eigenvalue weighted by Gasteiger charge is -2.13. The van der Waals surface area contributed by atoms with Gasteiger partial charge >= 0.3 is 5.97 Å². The molecular weight excluding hydrogens is 673 g/mol. The number of hydrogen-bond acceptors (Lipinski definition) is 6. The normalized spacial score (nSPS) is 15.2. The molecule has 2 aliphatic rings. The van der Waals surface area contributed by atoms with Gasteiger partial charge in [-0.15, -0.1) is 0 Å². The van der Waals surface area contributed by atoms with Gasteiger partial charge in [-0.05, 0) is 98.2 Å². The predicted octanol–water partition coefficient (Wildman–Crippen LogP) is 11.1. The van der Waals surface area contributed by atoms with Crippen LogP contribution in [0.15, 0.2) is 48.5 Å². The van der Waals surface area contributed by atoms with Crippen LogP contribution in [0, 0.1) is 0 Å². The highest BCUT2D eigenvalue weighted by Crippen LogP contribution is 2.41. The maximum atomic E-state index is 12.4. The van der Waals surface area contributed by atoms with Crippen LogP contribution in [-0.4, -0.2) is 43.2 Å². The van der Waals surface area contributed by atoms with Crippen molar-refractivity contribution in [3.63, 3.8) is 0 Å². The molecule has 1 aromatic carbocycles. The van der Waals surface area contributed by atoms with E-state index in [1.165, 1.54) is 38.4 Å². The van der Waals surface area contributed by atoms with Crippen molar-refractivity contribution < 1.29 is 19.7 Å². The summed E-state index contributed by atoms with van der Waals surface area (Å²) in [7, 11) is 1.37. The average molecular weight is 731 g/mol. The van der Waals surface area contributed by atoms with E-state index < -0.39 is 18.2 Å². The molecule has 6 rings (SSSR count). The van der Waals surface area contributed by atoms with Gasteiger partial charge in [0.2, 0.25) is 0 Å². The van der Waals surface area contributed by atoms with Crippen molar-refractivity contribution in [3.8, 4) is 11.1 Å². The molecule has 0 saturated heterocycles. The highest BCUT2D eigenvalue weighted by Gasteiger charge is 2.34. The Bertz CT molecular complexity index is 2090. The summed E-state index contributed by atoms with van der Waals surface area (Å²) < 4.78 is 4.97. The number of rotatable bonds is 17. The zero-order chi connectivity index (χ0) is 38.0. The zero-order valence-electron chi connectivity index (χ0n) is 32.6. The number of methoxy groups -OCH3 is 1. The smallest absolute Gasteiger partial charge is 0.337 e. The second-order valence-corrected chi connectivity index (χ2v) is 14.9. The fraction of sp³-hybridized carbons (Fsp3) is 0.457. The minimum atomic E-state index is -1.25. The first kappa shape index (κ1) is 39.2. The van der Waals surface area contributed by atoms with Gasteiger partial charge in [-0.3, -0.25) is 4.98 Å². The van der Waals surface area contributed by atoms with Crippen molar-refractivity contribution in [2.75, 3.05) is 7.11 Å². The van der Waals surface area contributed by atoms with Crippen molar-refractivity contribution in [1.82, 2.24) is 19.9 Å². The molecule has 4 N–H and O–H groups in total. The number of fused-ring (bicyclic) bond motifs is 8. The Morgan fingerprint density at radius 1 is 0.593 bits per heavy atom. The molecule has 8 bridgehead atoms. The molecule has 5 heterocycles. The number of aliphatic hydroxyl groups excluding tert-OH is 2. The molecule has 8 nitrogen and oxygen atoms in total. The van der Waals surface area contributed by atoms with E-state index in [9.17, 15) is 15.0 Å². The molecule has 0 amide bonds. The van der Waals surface area contributed by atoms with Crippen LogP contribution >= 0.6 is 0 Å². The second kappa shape index (κ2) is 18.7. The SMILES string of the molecule is CCCCCCc1c2nc(c(CCCCCC)c3ccc([nH]3)c(-c3ccc(C(=O)OC)cc3)c3nc(c(CCCCCC)c4ccc1[nH]4)C(O)C3O)C=C2. The predicted molar refractivity (Wildman–Crippen MR) is 220 cm³/mol. The quantitative estimate of drug-likeness (QED) is 0.0558. The van der Waals surface area contributed by atoms with Crippen LogP contribution in [0.25, 0.3) is 45.3 Å². The Balaban J connectivity index is 1.68. The van der Waals surface area contributed by atoms with Crippen LogP contribution in [0.3, 0.4) is 0 Å². The molecule has 8 heteroatoms. The van der Waals surface area contributed by atoms with Crippen LogP contribution < -0.4 is 0 Å². The van der Waals surface area contributed by atoms with E-state index in [1.807, 2.05) is 18.2 Å². The summed E-state index contributed by atoms with van der Waals surface area (Å²) in [4.78, 5) is 30.3. The zero-order valence-corrected chi connectivity index (χ0v) is 32.6. The summed E-state index contributed by atoms with van der Waals surface area (Å²) in [5, 5.41) is 23.7. The Kier molecular flexibility index (Phi) is 13.5. The number of carbonyl (C=O) groups excluding carboxylic acids is 1. The van der Waals surface area contributed by atoms with Crippen LogP contribution in [0.1, 0.15) is 160 Å². The van der Waals surface area contributed by atoms with Crippen molar-refractivity contribution in [2.24, 2.45) is 0 Å². The van der Waals surface area contributed by atoms with Gasteiger partial charge in [-0.25, -0.2) is 9.78 Å². The lowest BCUT2D eigenvalue weighted by Crippen LogP contribution is -2.06. The number of carbonyl (C=O) groups is 1. The average Bonchev–Trinajstić information content (AvgIpc) is 4.02. The summed E-state index contributed by atoms with van der Waals surface area (Å²) in [6.07, 6.45) is 17.8. The number of unbranched alkanes of at least 4 members (excludes halogenated alkanes) is 9. The molecule has 0 radical (unpaired) electrons. The van der Waals surface area contributed by atoms with Gasteiger partial charge in [-0.2, -0.15) is 0 Å².